The van der Waals surface area contributed by atoms with Gasteiger partial charge in [0.25, 0.3) is 0 Å². The second-order valence-corrected chi connectivity index (χ2v) is 6.23. The minimum absolute atomic E-state index is 0.0619. The van der Waals surface area contributed by atoms with Gasteiger partial charge in [0.05, 0.1) is 37.2 Å². The maximum absolute atomic E-state index is 13.2. The molecule has 2 N–H and O–H groups in total. The normalized spacial score (nSPS) is 12.7. The van der Waals surface area contributed by atoms with Gasteiger partial charge in [0.2, 0.25) is 0 Å². The number of alkyl halides is 3. The van der Waals surface area contributed by atoms with Crippen LogP contribution in [0.2, 0.25) is 0 Å². The quantitative estimate of drug-likeness (QED) is 0.505. The van der Waals surface area contributed by atoms with Gasteiger partial charge in [0, 0.05) is 6.04 Å². The van der Waals surface area contributed by atoms with Crippen molar-refractivity contribution in [2.24, 2.45) is 0 Å². The highest BCUT2D eigenvalue weighted by Crippen LogP contribution is 2.35. The lowest BCUT2D eigenvalue weighted by molar-refractivity contribution is -0.138. The van der Waals surface area contributed by atoms with Crippen LogP contribution in [0.4, 0.5) is 24.5 Å². The van der Waals surface area contributed by atoms with Crippen molar-refractivity contribution >= 4 is 23.3 Å². The Morgan fingerprint density at radius 2 is 1.67 bits per heavy atom. The topological polar surface area (TPSA) is 76.7 Å². The molecule has 6 nitrogen and oxygen atoms in total. The van der Waals surface area contributed by atoms with Crippen LogP contribution in [0.5, 0.6) is 0 Å². The number of hydrogen-bond acceptors (Lipinski definition) is 6. The first-order valence-corrected chi connectivity index (χ1v) is 8.83. The van der Waals surface area contributed by atoms with Crippen LogP contribution in [0.3, 0.4) is 0 Å². The zero-order valence-corrected chi connectivity index (χ0v) is 16.5. The summed E-state index contributed by atoms with van der Waals surface area (Å²) >= 11 is 0. The molecule has 2 rings (SSSR count). The van der Waals surface area contributed by atoms with E-state index in [1.54, 1.807) is 0 Å². The average Bonchev–Trinajstić information content (AvgIpc) is 2.73. The number of nitrogens with one attached hydrogen (secondary N) is 2. The van der Waals surface area contributed by atoms with Crippen molar-refractivity contribution in [3.63, 3.8) is 0 Å². The molecule has 9 heteroatoms. The highest BCUT2D eigenvalue weighted by molar-refractivity contribution is 5.99. The largest absolute Gasteiger partial charge is 0.466 e. The van der Waals surface area contributed by atoms with Gasteiger partial charge in [-0.25, -0.2) is 9.59 Å². The van der Waals surface area contributed by atoms with Crippen molar-refractivity contribution in [1.29, 1.82) is 0 Å². The lowest BCUT2D eigenvalue weighted by Crippen LogP contribution is -2.17. The molecule has 30 heavy (non-hydrogen) atoms. The monoisotopic (exact) mass is 422 g/mol. The van der Waals surface area contributed by atoms with Crippen molar-refractivity contribution in [3.05, 3.63) is 71.4 Å². The highest BCUT2D eigenvalue weighted by Gasteiger charge is 2.31. The smallest absolute Gasteiger partial charge is 0.416 e. The van der Waals surface area contributed by atoms with Gasteiger partial charge < -0.3 is 20.1 Å². The molecular formula is C21H21F3N2O4. The molecule has 0 fully saturated rings. The molecule has 0 aromatic heterocycles. The number of halogens is 3. The third-order valence-electron chi connectivity index (χ3n) is 4.16. The Morgan fingerprint density at radius 3 is 2.23 bits per heavy atom. The summed E-state index contributed by atoms with van der Waals surface area (Å²) in [6, 6.07) is 12.0. The van der Waals surface area contributed by atoms with Crippen LogP contribution in [0.25, 0.3) is 0 Å². The molecule has 0 aliphatic carbocycles. The third kappa shape index (κ3) is 6.00. The molecule has 0 radical (unpaired) electrons. The maximum atomic E-state index is 13.2. The fourth-order valence-electron chi connectivity index (χ4n) is 2.59. The number of ether oxygens (including phenoxy) is 2. The van der Waals surface area contributed by atoms with E-state index in [9.17, 15) is 22.8 Å². The Labute approximate surface area is 171 Å². The van der Waals surface area contributed by atoms with Crippen LogP contribution in [0, 0.1) is 0 Å². The molecule has 0 aliphatic heterocycles. The first-order valence-electron chi connectivity index (χ1n) is 8.83. The molecule has 0 amide bonds. The van der Waals surface area contributed by atoms with Crippen molar-refractivity contribution in [2.75, 3.05) is 24.9 Å². The molecule has 2 aromatic carbocycles. The second-order valence-electron chi connectivity index (χ2n) is 6.23. The Bertz CT molecular complexity index is 928. The molecule has 1 unspecified atom stereocenters. The molecule has 0 saturated heterocycles. The minimum Gasteiger partial charge on any atom is -0.466 e. The highest BCUT2D eigenvalue weighted by atomic mass is 19.4. The molecule has 0 spiro atoms. The molecule has 1 atom stereocenters. The van der Waals surface area contributed by atoms with E-state index in [1.165, 1.54) is 6.07 Å². The van der Waals surface area contributed by atoms with Gasteiger partial charge in [0.1, 0.15) is 5.70 Å². The Morgan fingerprint density at radius 1 is 1.00 bits per heavy atom. The molecule has 0 aliphatic rings. The Balaban J connectivity index is 2.46. The summed E-state index contributed by atoms with van der Waals surface area (Å²) < 4.78 is 48.8. The molecule has 160 valence electrons. The fourth-order valence-corrected chi connectivity index (χ4v) is 2.59. The number of carbonyl (C=O) groups excluding carboxylic acids is 2. The van der Waals surface area contributed by atoms with Gasteiger partial charge >= 0.3 is 18.1 Å². The number of rotatable bonds is 7. The minimum atomic E-state index is -4.60. The summed E-state index contributed by atoms with van der Waals surface area (Å²) in [4.78, 5) is 23.6. The van der Waals surface area contributed by atoms with Gasteiger partial charge in [-0.2, -0.15) is 13.2 Å². The Hall–Kier alpha value is -3.49. The van der Waals surface area contributed by atoms with E-state index < -0.39 is 23.7 Å². The molecule has 2 aromatic rings. The van der Waals surface area contributed by atoms with Crippen LogP contribution < -0.4 is 10.6 Å². The van der Waals surface area contributed by atoms with Crippen molar-refractivity contribution < 1.29 is 32.2 Å². The van der Waals surface area contributed by atoms with E-state index in [-0.39, 0.29) is 17.4 Å². The van der Waals surface area contributed by atoms with Crippen LogP contribution >= 0.6 is 0 Å². The first kappa shape index (κ1) is 22.8. The van der Waals surface area contributed by atoms with Crippen LogP contribution in [0.15, 0.2) is 60.3 Å². The molecule has 0 bridgehead atoms. The number of hydrogen-bond donors (Lipinski definition) is 2. The molecule has 0 heterocycles. The van der Waals surface area contributed by atoms with E-state index in [1.807, 2.05) is 37.3 Å². The summed E-state index contributed by atoms with van der Waals surface area (Å²) in [7, 11) is 2.18. The van der Waals surface area contributed by atoms with Crippen LogP contribution in [-0.4, -0.2) is 26.2 Å². The zero-order valence-electron chi connectivity index (χ0n) is 16.5. The van der Waals surface area contributed by atoms with E-state index in [0.29, 0.717) is 5.69 Å². The third-order valence-corrected chi connectivity index (χ3v) is 4.16. The summed E-state index contributed by atoms with van der Waals surface area (Å²) in [5, 5.41) is 5.67. The predicted molar refractivity (Wildman–Crippen MR) is 106 cm³/mol. The SMILES string of the molecule is COC(=O)/C=C(/Nc1cc(C(F)(F)F)ccc1NC(C)c1ccccc1)C(=O)OC. The summed E-state index contributed by atoms with van der Waals surface area (Å²) in [6.45, 7) is 1.84. The van der Waals surface area contributed by atoms with Crippen molar-refractivity contribution in [2.45, 2.75) is 19.1 Å². The van der Waals surface area contributed by atoms with E-state index in [2.05, 4.69) is 20.1 Å². The van der Waals surface area contributed by atoms with E-state index >= 15 is 0 Å². The van der Waals surface area contributed by atoms with Crippen LogP contribution in [0.1, 0.15) is 24.1 Å². The number of benzene rings is 2. The summed E-state index contributed by atoms with van der Waals surface area (Å²) in [5.41, 5.74) is -0.168. The van der Waals surface area contributed by atoms with Gasteiger partial charge in [-0.3, -0.25) is 0 Å². The standard InChI is InChI=1S/C21H21F3N2O4/c1-13(14-7-5-4-6-8-14)25-16-10-9-15(21(22,23)24)11-17(16)26-18(20(28)30-3)12-19(27)29-2/h4-13,25-26H,1-3H3/b18-12+. The van der Waals surface area contributed by atoms with Gasteiger partial charge in [-0.1, -0.05) is 30.3 Å². The second kappa shape index (κ2) is 9.82. The molecular weight excluding hydrogens is 401 g/mol. The fraction of sp³-hybridized carbons (Fsp3) is 0.238. The zero-order chi connectivity index (χ0) is 22.3. The lowest BCUT2D eigenvalue weighted by Gasteiger charge is -2.21. The van der Waals surface area contributed by atoms with Gasteiger partial charge in [0.15, 0.2) is 0 Å². The van der Waals surface area contributed by atoms with E-state index in [4.69, 9.17) is 0 Å². The summed E-state index contributed by atoms with van der Waals surface area (Å²) in [6.07, 6.45) is -3.80. The maximum Gasteiger partial charge on any atom is 0.416 e. The van der Waals surface area contributed by atoms with Gasteiger partial charge in [-0.05, 0) is 30.7 Å². The number of methoxy groups -OCH3 is 2. The van der Waals surface area contributed by atoms with Crippen LogP contribution in [-0.2, 0) is 25.2 Å². The first-order chi connectivity index (χ1) is 14.2. The number of anilines is 2. The van der Waals surface area contributed by atoms with Crippen molar-refractivity contribution in [3.8, 4) is 0 Å². The predicted octanol–water partition coefficient (Wildman–Crippen LogP) is 4.52. The van der Waals surface area contributed by atoms with Crippen molar-refractivity contribution in [1.82, 2.24) is 0 Å². The lowest BCUT2D eigenvalue weighted by atomic mass is 10.1. The number of carbonyl (C=O) groups is 2. The average molecular weight is 422 g/mol. The summed E-state index contributed by atoms with van der Waals surface area (Å²) in [5.74, 6) is -1.82. The Kier molecular flexibility index (Phi) is 7.46. The number of esters is 2. The van der Waals surface area contributed by atoms with Gasteiger partial charge in [-0.15, -0.1) is 0 Å². The molecule has 0 saturated carbocycles. The van der Waals surface area contributed by atoms with E-state index in [0.717, 1.165) is 38.0 Å².